The molecule has 1 N–H and O–H groups in total. The normalized spacial score (nSPS) is 16.6. The van der Waals surface area contributed by atoms with E-state index in [0.29, 0.717) is 30.6 Å². The number of benzene rings is 1. The van der Waals surface area contributed by atoms with E-state index in [1.807, 2.05) is 0 Å². The van der Waals surface area contributed by atoms with Crippen molar-refractivity contribution in [2.24, 2.45) is 0 Å². The number of carbonyl (C=O) groups excluding carboxylic acids is 1. The molecule has 29 heavy (non-hydrogen) atoms. The minimum Gasteiger partial charge on any atom is -0.478 e. The summed E-state index contributed by atoms with van der Waals surface area (Å²) in [6.07, 6.45) is 1.08. The highest BCUT2D eigenvalue weighted by Crippen LogP contribution is 2.31. The minimum absolute atomic E-state index is 0.00141. The van der Waals surface area contributed by atoms with Crippen molar-refractivity contribution in [1.82, 2.24) is 9.88 Å². The van der Waals surface area contributed by atoms with Gasteiger partial charge in [-0.15, -0.1) is 0 Å². The van der Waals surface area contributed by atoms with E-state index in [9.17, 15) is 19.1 Å². The maximum Gasteiger partial charge on any atom is 0.410 e. The topological polar surface area (TPSA) is 89.0 Å². The summed E-state index contributed by atoms with van der Waals surface area (Å²) in [4.78, 5) is 29.3. The van der Waals surface area contributed by atoms with Crippen molar-refractivity contribution in [2.75, 3.05) is 13.1 Å². The highest BCUT2D eigenvalue weighted by Gasteiger charge is 2.31. The van der Waals surface area contributed by atoms with E-state index in [4.69, 9.17) is 9.47 Å². The molecule has 1 aromatic heterocycles. The molecule has 1 atom stereocenters. The van der Waals surface area contributed by atoms with Crippen LogP contribution in [0.3, 0.4) is 0 Å². The number of hydrogen-bond donors (Lipinski definition) is 1. The van der Waals surface area contributed by atoms with Gasteiger partial charge in [-0.25, -0.2) is 19.0 Å². The van der Waals surface area contributed by atoms with Gasteiger partial charge in [0.05, 0.1) is 12.1 Å². The van der Waals surface area contributed by atoms with Gasteiger partial charge in [-0.3, -0.25) is 0 Å². The van der Waals surface area contributed by atoms with E-state index < -0.39 is 23.5 Å². The summed E-state index contributed by atoms with van der Waals surface area (Å²) in [5.74, 6) is -1.29. The number of pyridine rings is 1. The predicted octanol–water partition coefficient (Wildman–Crippen LogP) is 3.97. The van der Waals surface area contributed by atoms with Crippen LogP contribution in [-0.4, -0.2) is 51.8 Å². The number of amides is 1. The lowest BCUT2D eigenvalue weighted by molar-refractivity contribution is 0.0274. The fraction of sp³-hybridized carbons (Fsp3) is 0.381. The summed E-state index contributed by atoms with van der Waals surface area (Å²) in [6.45, 7) is 6.23. The smallest absolute Gasteiger partial charge is 0.410 e. The van der Waals surface area contributed by atoms with Gasteiger partial charge in [0.1, 0.15) is 17.5 Å². The number of carboxylic acid groups (broad SMARTS) is 1. The average Bonchev–Trinajstić information content (AvgIpc) is 3.10. The molecule has 3 rings (SSSR count). The standard InChI is InChI=1S/C21H23FN2O5/c1-21(2,3)29-20(27)24-9-8-16(12-24)28-18-17(10-14(11-23-18)19(25)26)13-4-6-15(22)7-5-13/h4-7,10-11,16H,8-9,12H2,1-3H3,(H,25,26). The third-order valence-corrected chi connectivity index (χ3v) is 4.33. The number of halogens is 1. The van der Waals surface area contributed by atoms with Gasteiger partial charge < -0.3 is 19.5 Å². The molecule has 0 spiro atoms. The van der Waals surface area contributed by atoms with E-state index in [1.165, 1.54) is 36.5 Å². The summed E-state index contributed by atoms with van der Waals surface area (Å²) < 4.78 is 24.7. The zero-order valence-electron chi connectivity index (χ0n) is 16.5. The Morgan fingerprint density at radius 1 is 1.24 bits per heavy atom. The van der Waals surface area contributed by atoms with Crippen molar-refractivity contribution in [1.29, 1.82) is 0 Å². The molecular formula is C21H23FN2O5. The molecule has 1 aliphatic heterocycles. The molecule has 2 aromatic rings. The molecule has 0 aliphatic carbocycles. The van der Waals surface area contributed by atoms with Crippen LogP contribution >= 0.6 is 0 Å². The summed E-state index contributed by atoms with van der Waals surface area (Å²) >= 11 is 0. The third-order valence-electron chi connectivity index (χ3n) is 4.33. The first kappa shape index (κ1) is 20.6. The van der Waals surface area contributed by atoms with Gasteiger partial charge in [-0.2, -0.15) is 0 Å². The Bertz CT molecular complexity index is 908. The van der Waals surface area contributed by atoms with Crippen molar-refractivity contribution in [3.8, 4) is 17.0 Å². The molecule has 1 amide bonds. The second-order valence-electron chi connectivity index (χ2n) is 7.84. The second-order valence-corrected chi connectivity index (χ2v) is 7.84. The molecule has 1 aromatic carbocycles. The van der Waals surface area contributed by atoms with E-state index in [2.05, 4.69) is 4.98 Å². The number of carbonyl (C=O) groups is 2. The maximum atomic E-state index is 13.3. The highest BCUT2D eigenvalue weighted by molar-refractivity contribution is 5.89. The van der Waals surface area contributed by atoms with Crippen LogP contribution in [0.2, 0.25) is 0 Å². The Morgan fingerprint density at radius 2 is 1.93 bits per heavy atom. The Labute approximate surface area is 168 Å². The number of hydrogen-bond acceptors (Lipinski definition) is 5. The number of carboxylic acids is 1. The molecule has 7 nitrogen and oxygen atoms in total. The first-order valence-corrected chi connectivity index (χ1v) is 9.26. The number of rotatable bonds is 4. The van der Waals surface area contributed by atoms with Crippen LogP contribution in [0.1, 0.15) is 37.6 Å². The van der Waals surface area contributed by atoms with Crippen molar-refractivity contribution in [2.45, 2.75) is 38.9 Å². The predicted molar refractivity (Wildman–Crippen MR) is 103 cm³/mol. The highest BCUT2D eigenvalue weighted by atomic mass is 19.1. The van der Waals surface area contributed by atoms with E-state index in [-0.39, 0.29) is 17.5 Å². The third kappa shape index (κ3) is 5.22. The van der Waals surface area contributed by atoms with Crippen molar-refractivity contribution in [3.63, 3.8) is 0 Å². The molecular weight excluding hydrogens is 379 g/mol. The van der Waals surface area contributed by atoms with E-state index in [0.717, 1.165) is 0 Å². The molecule has 1 fully saturated rings. The summed E-state index contributed by atoms with van der Waals surface area (Å²) in [6, 6.07) is 7.08. The van der Waals surface area contributed by atoms with Gasteiger partial charge in [-0.05, 0) is 44.5 Å². The molecule has 0 bridgehead atoms. The molecule has 0 saturated carbocycles. The molecule has 2 heterocycles. The number of aromatic nitrogens is 1. The maximum absolute atomic E-state index is 13.3. The quantitative estimate of drug-likeness (QED) is 0.832. The molecule has 154 valence electrons. The Morgan fingerprint density at radius 3 is 2.55 bits per heavy atom. The number of nitrogens with zero attached hydrogens (tertiary/aromatic N) is 2. The van der Waals surface area contributed by atoms with Gasteiger partial charge >= 0.3 is 12.1 Å². The molecule has 1 saturated heterocycles. The lowest BCUT2D eigenvalue weighted by Gasteiger charge is -2.24. The largest absolute Gasteiger partial charge is 0.478 e. The van der Waals surface area contributed by atoms with Crippen LogP contribution in [0.25, 0.3) is 11.1 Å². The van der Waals surface area contributed by atoms with E-state index in [1.54, 1.807) is 25.7 Å². The summed E-state index contributed by atoms with van der Waals surface area (Å²) in [5, 5.41) is 9.27. The fourth-order valence-corrected chi connectivity index (χ4v) is 2.97. The van der Waals surface area contributed by atoms with E-state index >= 15 is 0 Å². The average molecular weight is 402 g/mol. The summed E-state index contributed by atoms with van der Waals surface area (Å²) in [5.41, 5.74) is 0.443. The molecule has 1 unspecified atom stereocenters. The Balaban J connectivity index is 1.79. The SMILES string of the molecule is CC(C)(C)OC(=O)N1CCC(Oc2ncc(C(=O)O)cc2-c2ccc(F)cc2)C1. The molecule has 8 heteroatoms. The second kappa shape index (κ2) is 8.06. The van der Waals surface area contributed by atoms with Crippen molar-refractivity contribution >= 4 is 12.1 Å². The fourth-order valence-electron chi connectivity index (χ4n) is 2.97. The zero-order valence-corrected chi connectivity index (χ0v) is 16.5. The van der Waals surface area contributed by atoms with Crippen LogP contribution in [0.5, 0.6) is 5.88 Å². The van der Waals surface area contributed by atoms with Crippen molar-refractivity contribution < 1.29 is 28.6 Å². The van der Waals surface area contributed by atoms with Crippen molar-refractivity contribution in [3.05, 3.63) is 47.9 Å². The van der Waals surface area contributed by atoms with Gasteiger partial charge in [-0.1, -0.05) is 12.1 Å². The van der Waals surface area contributed by atoms with Crippen LogP contribution in [0.4, 0.5) is 9.18 Å². The van der Waals surface area contributed by atoms with Crippen LogP contribution in [0, 0.1) is 5.82 Å². The van der Waals surface area contributed by atoms with Gasteiger partial charge in [0.25, 0.3) is 0 Å². The first-order valence-electron chi connectivity index (χ1n) is 9.26. The molecule has 1 aliphatic rings. The van der Waals surface area contributed by atoms with Crippen LogP contribution < -0.4 is 4.74 Å². The zero-order chi connectivity index (χ0) is 21.2. The minimum atomic E-state index is -1.12. The number of ether oxygens (including phenoxy) is 2. The first-order chi connectivity index (χ1) is 13.6. The van der Waals surface area contributed by atoms with Crippen LogP contribution in [0.15, 0.2) is 36.5 Å². The Hall–Kier alpha value is -3.16. The van der Waals surface area contributed by atoms with Crippen LogP contribution in [-0.2, 0) is 4.74 Å². The summed E-state index contributed by atoms with van der Waals surface area (Å²) in [7, 11) is 0. The van der Waals surface area contributed by atoms with Gasteiger partial charge in [0.2, 0.25) is 5.88 Å². The number of aromatic carboxylic acids is 1. The lowest BCUT2D eigenvalue weighted by Crippen LogP contribution is -2.36. The molecule has 0 radical (unpaired) electrons. The number of likely N-dealkylation sites (tertiary alicyclic amines) is 1. The van der Waals surface area contributed by atoms with Gasteiger partial charge in [0.15, 0.2) is 0 Å². The lowest BCUT2D eigenvalue weighted by atomic mass is 10.1. The monoisotopic (exact) mass is 402 g/mol. The Kier molecular flexibility index (Phi) is 5.72. The van der Waals surface area contributed by atoms with Gasteiger partial charge in [0, 0.05) is 24.7 Å².